The van der Waals surface area contributed by atoms with Crippen LogP contribution in [0.5, 0.6) is 5.88 Å². The van der Waals surface area contributed by atoms with E-state index < -0.39 is 10.0 Å². The SMILES string of the molecule is CCOc1cccc(NS(=O)(=O)c2ccc3ccccc3c2)n1. The van der Waals surface area contributed by atoms with E-state index in [1.807, 2.05) is 31.2 Å². The Balaban J connectivity index is 1.92. The molecule has 6 heteroatoms. The number of ether oxygens (including phenoxy) is 1. The summed E-state index contributed by atoms with van der Waals surface area (Å²) in [7, 11) is -3.70. The maximum absolute atomic E-state index is 12.5. The number of rotatable bonds is 5. The lowest BCUT2D eigenvalue weighted by Crippen LogP contribution is -2.14. The van der Waals surface area contributed by atoms with Gasteiger partial charge in [-0.15, -0.1) is 0 Å². The van der Waals surface area contributed by atoms with E-state index >= 15 is 0 Å². The minimum atomic E-state index is -3.70. The van der Waals surface area contributed by atoms with Gasteiger partial charge in [0.1, 0.15) is 5.82 Å². The Morgan fingerprint density at radius 2 is 1.78 bits per heavy atom. The molecule has 3 rings (SSSR count). The third-order valence-electron chi connectivity index (χ3n) is 3.29. The van der Waals surface area contributed by atoms with E-state index in [-0.39, 0.29) is 10.7 Å². The molecular weight excluding hydrogens is 312 g/mol. The van der Waals surface area contributed by atoms with Gasteiger partial charge in [-0.1, -0.05) is 36.4 Å². The van der Waals surface area contributed by atoms with Crippen LogP contribution in [0.2, 0.25) is 0 Å². The smallest absolute Gasteiger partial charge is 0.263 e. The average molecular weight is 328 g/mol. The van der Waals surface area contributed by atoms with E-state index in [1.165, 1.54) is 0 Å². The van der Waals surface area contributed by atoms with Crippen LogP contribution in [0.1, 0.15) is 6.92 Å². The average Bonchev–Trinajstić information content (AvgIpc) is 2.54. The summed E-state index contributed by atoms with van der Waals surface area (Å²) in [5.41, 5.74) is 0. The van der Waals surface area contributed by atoms with Crippen LogP contribution in [0.15, 0.2) is 65.6 Å². The molecule has 1 heterocycles. The van der Waals surface area contributed by atoms with Crippen molar-refractivity contribution in [1.29, 1.82) is 0 Å². The summed E-state index contributed by atoms with van der Waals surface area (Å²) in [5.74, 6) is 0.607. The second-order valence-corrected chi connectivity index (χ2v) is 6.59. The zero-order valence-corrected chi connectivity index (χ0v) is 13.4. The number of benzene rings is 2. The first-order valence-electron chi connectivity index (χ1n) is 7.20. The van der Waals surface area contributed by atoms with Crippen molar-refractivity contribution in [3.8, 4) is 5.88 Å². The number of hydrogen-bond acceptors (Lipinski definition) is 4. The highest BCUT2D eigenvalue weighted by Gasteiger charge is 2.15. The second-order valence-electron chi connectivity index (χ2n) is 4.91. The van der Waals surface area contributed by atoms with Crippen LogP contribution >= 0.6 is 0 Å². The van der Waals surface area contributed by atoms with Crippen LogP contribution in [0.3, 0.4) is 0 Å². The maximum Gasteiger partial charge on any atom is 0.263 e. The van der Waals surface area contributed by atoms with Crippen molar-refractivity contribution in [3.05, 3.63) is 60.7 Å². The molecule has 0 radical (unpaired) electrons. The van der Waals surface area contributed by atoms with Crippen LogP contribution in [-0.4, -0.2) is 20.0 Å². The minimum absolute atomic E-state index is 0.194. The van der Waals surface area contributed by atoms with Crippen LogP contribution in [0.4, 0.5) is 5.82 Å². The van der Waals surface area contributed by atoms with Gasteiger partial charge in [0.05, 0.1) is 11.5 Å². The van der Waals surface area contributed by atoms with E-state index in [9.17, 15) is 8.42 Å². The molecule has 0 aliphatic carbocycles. The third-order valence-corrected chi connectivity index (χ3v) is 4.64. The molecule has 1 aromatic heterocycles. The number of nitrogens with zero attached hydrogens (tertiary/aromatic N) is 1. The Bertz CT molecular complexity index is 939. The molecule has 118 valence electrons. The first-order chi connectivity index (χ1) is 11.1. The number of pyridine rings is 1. The summed E-state index contributed by atoms with van der Waals surface area (Å²) in [5, 5.41) is 1.86. The van der Waals surface area contributed by atoms with Gasteiger partial charge in [0.2, 0.25) is 5.88 Å². The van der Waals surface area contributed by atoms with E-state index in [4.69, 9.17) is 4.74 Å². The predicted molar refractivity (Wildman–Crippen MR) is 90.2 cm³/mol. The fourth-order valence-corrected chi connectivity index (χ4v) is 3.27. The molecule has 1 N–H and O–H groups in total. The highest BCUT2D eigenvalue weighted by atomic mass is 32.2. The first-order valence-corrected chi connectivity index (χ1v) is 8.68. The normalized spacial score (nSPS) is 11.3. The Morgan fingerprint density at radius 1 is 1.00 bits per heavy atom. The van der Waals surface area contributed by atoms with Gasteiger partial charge < -0.3 is 4.74 Å². The fraction of sp³-hybridized carbons (Fsp3) is 0.118. The summed E-state index contributed by atoms with van der Waals surface area (Å²) in [6.45, 7) is 2.31. The van der Waals surface area contributed by atoms with Crippen molar-refractivity contribution in [1.82, 2.24) is 4.98 Å². The van der Waals surface area contributed by atoms with Crippen LogP contribution < -0.4 is 9.46 Å². The lowest BCUT2D eigenvalue weighted by Gasteiger charge is -2.09. The number of fused-ring (bicyclic) bond motifs is 1. The molecule has 0 aliphatic rings. The van der Waals surface area contributed by atoms with Crippen molar-refractivity contribution in [2.45, 2.75) is 11.8 Å². The zero-order valence-electron chi connectivity index (χ0n) is 12.6. The fourth-order valence-electron chi connectivity index (χ4n) is 2.23. The van der Waals surface area contributed by atoms with Gasteiger partial charge in [-0.3, -0.25) is 4.72 Å². The van der Waals surface area contributed by atoms with Crippen LogP contribution in [0.25, 0.3) is 10.8 Å². The molecule has 0 amide bonds. The van der Waals surface area contributed by atoms with Gasteiger partial charge in [0.25, 0.3) is 10.0 Å². The molecule has 0 saturated heterocycles. The molecule has 0 aliphatic heterocycles. The molecular formula is C17H16N2O3S. The van der Waals surface area contributed by atoms with Crippen molar-refractivity contribution in [3.63, 3.8) is 0 Å². The lowest BCUT2D eigenvalue weighted by atomic mass is 10.1. The molecule has 5 nitrogen and oxygen atoms in total. The Labute approximate surface area is 135 Å². The topological polar surface area (TPSA) is 68.3 Å². The Hall–Kier alpha value is -2.60. The molecule has 0 saturated carbocycles. The Morgan fingerprint density at radius 3 is 2.57 bits per heavy atom. The van der Waals surface area contributed by atoms with Gasteiger partial charge in [0.15, 0.2) is 0 Å². The monoisotopic (exact) mass is 328 g/mol. The van der Waals surface area contributed by atoms with E-state index in [0.717, 1.165) is 10.8 Å². The number of hydrogen-bond donors (Lipinski definition) is 1. The number of nitrogens with one attached hydrogen (secondary N) is 1. The van der Waals surface area contributed by atoms with E-state index in [0.29, 0.717) is 12.5 Å². The highest BCUT2D eigenvalue weighted by Crippen LogP contribution is 2.21. The summed E-state index contributed by atoms with van der Waals surface area (Å²) in [4.78, 5) is 4.32. The molecule has 0 unspecified atom stereocenters. The molecule has 2 aromatic carbocycles. The molecule has 0 bridgehead atoms. The molecule has 0 spiro atoms. The largest absolute Gasteiger partial charge is 0.478 e. The molecule has 3 aromatic rings. The van der Waals surface area contributed by atoms with Gasteiger partial charge in [0, 0.05) is 6.07 Å². The number of sulfonamides is 1. The number of aromatic nitrogens is 1. The summed E-state index contributed by atoms with van der Waals surface area (Å²) >= 11 is 0. The van der Waals surface area contributed by atoms with Crippen molar-refractivity contribution in [2.75, 3.05) is 11.3 Å². The van der Waals surface area contributed by atoms with Gasteiger partial charge in [-0.05, 0) is 35.9 Å². The minimum Gasteiger partial charge on any atom is -0.478 e. The standard InChI is InChI=1S/C17H16N2O3S/c1-2-22-17-9-5-8-16(18-17)19-23(20,21)15-11-10-13-6-3-4-7-14(13)12-15/h3-12H,2H2,1H3,(H,18,19). The lowest BCUT2D eigenvalue weighted by molar-refractivity contribution is 0.327. The van der Waals surface area contributed by atoms with Gasteiger partial charge >= 0.3 is 0 Å². The van der Waals surface area contributed by atoms with Crippen molar-refractivity contribution < 1.29 is 13.2 Å². The molecule has 23 heavy (non-hydrogen) atoms. The Kier molecular flexibility index (Phi) is 4.16. The predicted octanol–water partition coefficient (Wildman–Crippen LogP) is 3.43. The maximum atomic E-state index is 12.5. The van der Waals surface area contributed by atoms with Crippen molar-refractivity contribution >= 4 is 26.6 Å². The summed E-state index contributed by atoms with van der Waals surface area (Å²) in [6.07, 6.45) is 0. The molecule has 0 fully saturated rings. The quantitative estimate of drug-likeness (QED) is 0.779. The first kappa shape index (κ1) is 15.3. The van der Waals surface area contributed by atoms with E-state index in [2.05, 4.69) is 9.71 Å². The van der Waals surface area contributed by atoms with Gasteiger partial charge in [-0.25, -0.2) is 8.42 Å². The summed E-state index contributed by atoms with van der Waals surface area (Å²) in [6, 6.07) is 17.6. The number of anilines is 1. The summed E-state index contributed by atoms with van der Waals surface area (Å²) < 4.78 is 32.8. The molecule has 0 atom stereocenters. The highest BCUT2D eigenvalue weighted by molar-refractivity contribution is 7.92. The van der Waals surface area contributed by atoms with Crippen LogP contribution in [-0.2, 0) is 10.0 Å². The third kappa shape index (κ3) is 3.43. The van der Waals surface area contributed by atoms with E-state index in [1.54, 1.807) is 36.4 Å². The zero-order chi connectivity index (χ0) is 16.3. The van der Waals surface area contributed by atoms with Crippen LogP contribution in [0, 0.1) is 0 Å². The van der Waals surface area contributed by atoms with Crippen molar-refractivity contribution in [2.24, 2.45) is 0 Å². The van der Waals surface area contributed by atoms with Gasteiger partial charge in [-0.2, -0.15) is 4.98 Å². The second kappa shape index (κ2) is 6.26.